The fourth-order valence-electron chi connectivity index (χ4n) is 6.80. The maximum Gasteiger partial charge on any atom is 0.219 e. The van der Waals surface area contributed by atoms with Crippen LogP contribution in [0.15, 0.2) is 0 Å². The number of rotatable bonds is 19. The van der Waals surface area contributed by atoms with Gasteiger partial charge in [-0.3, -0.25) is 14.4 Å². The lowest BCUT2D eigenvalue weighted by Crippen LogP contribution is -2.70. The van der Waals surface area contributed by atoms with Gasteiger partial charge in [-0.1, -0.05) is 6.92 Å². The number of hydrogen-bond acceptors (Lipinski definition) is 17. The number of nitrogens with zero attached hydrogens (tertiary/aromatic N) is 1. The van der Waals surface area contributed by atoms with Crippen LogP contribution in [0.3, 0.4) is 0 Å². The van der Waals surface area contributed by atoms with E-state index in [1.165, 1.54) is 32.7 Å². The molecule has 3 rings (SSSR count). The Morgan fingerprint density at radius 2 is 1.06 bits per heavy atom. The molecule has 3 heterocycles. The molecule has 0 aromatic rings. The van der Waals surface area contributed by atoms with Crippen molar-refractivity contribution in [1.82, 2.24) is 15.5 Å². The van der Waals surface area contributed by atoms with Crippen molar-refractivity contribution >= 4 is 17.7 Å². The van der Waals surface area contributed by atoms with Crippen LogP contribution in [-0.4, -0.2) is 205 Å². The van der Waals surface area contributed by atoms with Gasteiger partial charge in [0.2, 0.25) is 17.7 Å². The highest BCUT2D eigenvalue weighted by atomic mass is 16.7. The molecule has 20 heteroatoms. The molecule has 3 aliphatic rings. The summed E-state index contributed by atoms with van der Waals surface area (Å²) in [6.45, 7) is 5.57. The summed E-state index contributed by atoms with van der Waals surface area (Å²) in [6.07, 6.45) is -13.5. The summed E-state index contributed by atoms with van der Waals surface area (Å²) in [4.78, 5) is 38.4. The minimum atomic E-state index is -1.65. The average molecular weight is 770 g/mol. The number of aliphatic hydroxyl groups is 6. The van der Waals surface area contributed by atoms with Crippen LogP contribution in [0.4, 0.5) is 0 Å². The number of amides is 3. The molecule has 0 aromatic heterocycles. The van der Waals surface area contributed by atoms with E-state index < -0.39 is 103 Å². The fourth-order valence-corrected chi connectivity index (χ4v) is 6.80. The van der Waals surface area contributed by atoms with E-state index in [4.69, 9.17) is 37.9 Å². The van der Waals surface area contributed by atoms with Gasteiger partial charge in [0.25, 0.3) is 0 Å². The SMILES string of the molecule is CC(=O)NC1C(O)[C@H](O[C@@H]2OC(COCCO)[C@@H](C)C(O)[C@@H]2NC(C)=O)[C@H](COCCO)O[C@H]1O[C@@H]1C(COCCO)O[C@@H](C)[C@@H](N(C)C(C)=O)C1O. The molecule has 6 unspecified atom stereocenters. The van der Waals surface area contributed by atoms with Crippen molar-refractivity contribution in [3.05, 3.63) is 0 Å². The van der Waals surface area contributed by atoms with Gasteiger partial charge < -0.3 is 84.1 Å². The molecule has 0 aliphatic carbocycles. The van der Waals surface area contributed by atoms with E-state index in [1.54, 1.807) is 13.8 Å². The summed E-state index contributed by atoms with van der Waals surface area (Å²) < 4.78 is 47.9. The maximum absolute atomic E-state index is 12.5. The molecular weight excluding hydrogens is 710 g/mol. The van der Waals surface area contributed by atoms with Gasteiger partial charge >= 0.3 is 0 Å². The van der Waals surface area contributed by atoms with Crippen LogP contribution in [0.25, 0.3) is 0 Å². The first-order valence-corrected chi connectivity index (χ1v) is 17.8. The molecule has 0 bridgehead atoms. The van der Waals surface area contributed by atoms with Crippen LogP contribution < -0.4 is 10.6 Å². The van der Waals surface area contributed by atoms with Gasteiger partial charge in [-0.05, 0) is 6.92 Å². The first kappa shape index (κ1) is 45.2. The van der Waals surface area contributed by atoms with Gasteiger partial charge in [-0.25, -0.2) is 0 Å². The van der Waals surface area contributed by atoms with E-state index in [0.29, 0.717) is 0 Å². The Labute approximate surface area is 308 Å². The lowest BCUT2D eigenvalue weighted by Gasteiger charge is -2.51. The molecule has 0 aromatic carbocycles. The Kier molecular flexibility index (Phi) is 18.6. The third-order valence-electron chi connectivity index (χ3n) is 9.51. The highest BCUT2D eigenvalue weighted by molar-refractivity contribution is 5.74. The monoisotopic (exact) mass is 769 g/mol. The van der Waals surface area contributed by atoms with Crippen molar-refractivity contribution in [2.45, 2.75) is 120 Å². The molecular formula is C33H59N3O17. The normalized spacial score (nSPS) is 37.5. The van der Waals surface area contributed by atoms with Gasteiger partial charge in [0, 0.05) is 33.7 Å². The number of likely N-dealkylation sites (N-methyl/N-ethyl adjacent to an activating group) is 1. The minimum Gasteiger partial charge on any atom is -0.394 e. The Bertz CT molecular complexity index is 1140. The van der Waals surface area contributed by atoms with Crippen molar-refractivity contribution in [3.8, 4) is 0 Å². The highest BCUT2D eigenvalue weighted by Crippen LogP contribution is 2.34. The number of nitrogens with one attached hydrogen (secondary N) is 2. The van der Waals surface area contributed by atoms with Crippen LogP contribution in [-0.2, 0) is 52.3 Å². The second-order valence-corrected chi connectivity index (χ2v) is 13.5. The van der Waals surface area contributed by atoms with Crippen molar-refractivity contribution in [1.29, 1.82) is 0 Å². The Morgan fingerprint density at radius 3 is 1.51 bits per heavy atom. The number of carbonyl (C=O) groups is 3. The van der Waals surface area contributed by atoms with Crippen molar-refractivity contribution < 1.29 is 82.9 Å². The largest absolute Gasteiger partial charge is 0.394 e. The van der Waals surface area contributed by atoms with Crippen LogP contribution in [0, 0.1) is 5.92 Å². The van der Waals surface area contributed by atoms with E-state index in [1.807, 2.05) is 0 Å². The maximum atomic E-state index is 12.5. The Morgan fingerprint density at radius 1 is 0.642 bits per heavy atom. The molecule has 0 spiro atoms. The number of ether oxygens (including phenoxy) is 8. The summed E-state index contributed by atoms with van der Waals surface area (Å²) in [5, 5.41) is 68.0. The lowest BCUT2D eigenvalue weighted by atomic mass is 9.89. The smallest absolute Gasteiger partial charge is 0.219 e. The zero-order valence-electron chi connectivity index (χ0n) is 31.1. The quantitative estimate of drug-likeness (QED) is 0.0576. The third-order valence-corrected chi connectivity index (χ3v) is 9.51. The third kappa shape index (κ3) is 12.2. The van der Waals surface area contributed by atoms with E-state index in [0.717, 1.165) is 0 Å². The van der Waals surface area contributed by atoms with Gasteiger partial charge in [-0.15, -0.1) is 0 Å². The predicted molar refractivity (Wildman–Crippen MR) is 180 cm³/mol. The number of hydrogen-bond donors (Lipinski definition) is 8. The molecule has 8 N–H and O–H groups in total. The minimum absolute atomic E-state index is 0.00238. The van der Waals surface area contributed by atoms with E-state index in [9.17, 15) is 45.0 Å². The fraction of sp³-hybridized carbons (Fsp3) is 0.909. The molecule has 0 saturated carbocycles. The van der Waals surface area contributed by atoms with Crippen molar-refractivity contribution in [2.24, 2.45) is 5.92 Å². The zero-order chi connectivity index (χ0) is 39.4. The lowest BCUT2D eigenvalue weighted by molar-refractivity contribution is -0.346. The molecule has 53 heavy (non-hydrogen) atoms. The first-order chi connectivity index (χ1) is 25.2. The molecule has 308 valence electrons. The molecule has 15 atom stereocenters. The van der Waals surface area contributed by atoms with Gasteiger partial charge in [0.05, 0.1) is 83.8 Å². The Hall–Kier alpha value is -2.15. The van der Waals surface area contributed by atoms with Crippen LogP contribution >= 0.6 is 0 Å². The van der Waals surface area contributed by atoms with Gasteiger partial charge in [0.15, 0.2) is 12.6 Å². The van der Waals surface area contributed by atoms with Crippen molar-refractivity contribution in [2.75, 3.05) is 66.5 Å². The number of aliphatic hydroxyl groups excluding tert-OH is 6. The molecule has 20 nitrogen and oxygen atoms in total. The topological polar surface area (TPSA) is 274 Å². The number of carbonyl (C=O) groups excluding carboxylic acids is 3. The van der Waals surface area contributed by atoms with Crippen LogP contribution in [0.5, 0.6) is 0 Å². The zero-order valence-corrected chi connectivity index (χ0v) is 31.1. The molecule has 0 radical (unpaired) electrons. The predicted octanol–water partition coefficient (Wildman–Crippen LogP) is -4.40. The molecule has 3 amide bonds. The summed E-state index contributed by atoms with van der Waals surface area (Å²) in [5.41, 5.74) is 0. The summed E-state index contributed by atoms with van der Waals surface area (Å²) >= 11 is 0. The second kappa shape index (κ2) is 21.8. The van der Waals surface area contributed by atoms with Crippen molar-refractivity contribution in [3.63, 3.8) is 0 Å². The summed E-state index contributed by atoms with van der Waals surface area (Å²) in [5.74, 6) is -2.03. The van der Waals surface area contributed by atoms with Crippen LogP contribution in [0.2, 0.25) is 0 Å². The average Bonchev–Trinajstić information content (AvgIpc) is 3.09. The summed E-state index contributed by atoms with van der Waals surface area (Å²) in [6, 6.07) is -3.41. The van der Waals surface area contributed by atoms with E-state index in [2.05, 4.69) is 10.6 Å². The Balaban J connectivity index is 2.00. The second-order valence-electron chi connectivity index (χ2n) is 13.5. The molecule has 3 aliphatic heterocycles. The van der Waals surface area contributed by atoms with Crippen LogP contribution in [0.1, 0.15) is 34.6 Å². The molecule has 3 saturated heterocycles. The van der Waals surface area contributed by atoms with E-state index in [-0.39, 0.29) is 65.4 Å². The highest BCUT2D eigenvalue weighted by Gasteiger charge is 2.54. The standard InChI is InChI=1S/C33H59N3O17/c1-16-21(13-46-10-7-37)50-32(24(27(16)43)34-18(3)40)52-30-23(15-48-12-9-39)51-33(25(28(30)44)35-19(4)41)53-31-22(14-47-11-8-38)49-17(2)26(29(31)45)36(6)20(5)42/h16-17,21-33,37-39,43-45H,7-15H2,1-6H3,(H,34,40)(H,35,41)/t16-,17+,21?,22?,23+,24+,25?,26-,27?,28?,29?,30-,31-,32+,33+/m1/s1. The summed E-state index contributed by atoms with van der Waals surface area (Å²) in [7, 11) is 1.50. The van der Waals surface area contributed by atoms with Gasteiger partial charge in [-0.2, -0.15) is 0 Å². The van der Waals surface area contributed by atoms with Gasteiger partial charge in [0.1, 0.15) is 48.7 Å². The van der Waals surface area contributed by atoms with E-state index >= 15 is 0 Å². The first-order valence-electron chi connectivity index (χ1n) is 17.8. The molecule has 3 fully saturated rings.